The predicted molar refractivity (Wildman–Crippen MR) is 23.6 cm³/mol. The van der Waals surface area contributed by atoms with Gasteiger partial charge in [-0.2, -0.15) is 5.48 Å². The number of hydrogen-bond acceptors (Lipinski definition) is 3. The second-order valence-electron chi connectivity index (χ2n) is 1.46. The van der Waals surface area contributed by atoms with Crippen LogP contribution in [-0.4, -0.2) is 18.9 Å². The summed E-state index contributed by atoms with van der Waals surface area (Å²) >= 11 is 0. The summed E-state index contributed by atoms with van der Waals surface area (Å²) in [6.45, 7) is 0.902. The molecule has 0 spiro atoms. The van der Waals surface area contributed by atoms with E-state index in [0.717, 1.165) is 0 Å². The van der Waals surface area contributed by atoms with Crippen LogP contribution in [-0.2, 0) is 9.63 Å². The van der Waals surface area contributed by atoms with Crippen molar-refractivity contribution in [2.24, 2.45) is 0 Å². The lowest BCUT2D eigenvalue weighted by molar-refractivity contribution is -0.127. The molecule has 1 heterocycles. The number of hydroxylamine groups is 1. The summed E-state index contributed by atoms with van der Waals surface area (Å²) in [4.78, 5) is 15.0. The minimum atomic E-state index is 0.228. The smallest absolute Gasteiger partial charge is 0.151 e. The Kier molecular flexibility index (Phi) is 1.38. The normalized spacial score (nSPS) is 22.6. The van der Waals surface area contributed by atoms with E-state index < -0.39 is 0 Å². The molecule has 0 atom stereocenters. The van der Waals surface area contributed by atoms with Gasteiger partial charge in [0.1, 0.15) is 0 Å². The predicted octanol–water partition coefficient (Wildman–Crippen LogP) is -0.520. The van der Waals surface area contributed by atoms with Crippen LogP contribution >= 0.6 is 0 Å². The summed E-state index contributed by atoms with van der Waals surface area (Å²) in [5, 5.41) is 0. The zero-order chi connectivity index (χ0) is 5.11. The number of rotatable bonds is 0. The Balaban J connectivity index is 2.25. The molecule has 0 aliphatic carbocycles. The van der Waals surface area contributed by atoms with Crippen LogP contribution in [0.25, 0.3) is 0 Å². The van der Waals surface area contributed by atoms with Crippen molar-refractivity contribution in [2.75, 3.05) is 13.2 Å². The summed E-state index contributed by atoms with van der Waals surface area (Å²) in [6, 6.07) is 0. The molecule has 1 N–H and O–H groups in total. The van der Waals surface area contributed by atoms with E-state index in [1.165, 1.54) is 0 Å². The first-order valence-electron chi connectivity index (χ1n) is 2.26. The molecule has 3 nitrogen and oxygen atoms in total. The number of carbonyl (C=O) groups excluding carboxylic acids is 1. The van der Waals surface area contributed by atoms with E-state index in [1.54, 1.807) is 0 Å². The van der Waals surface area contributed by atoms with Crippen molar-refractivity contribution in [3.05, 3.63) is 0 Å². The highest BCUT2D eigenvalue weighted by Crippen LogP contribution is 1.87. The minimum absolute atomic E-state index is 0.228. The Labute approximate surface area is 41.6 Å². The van der Waals surface area contributed by atoms with Gasteiger partial charge in [-0.1, -0.05) is 0 Å². The average molecular weight is 101 g/mol. The van der Waals surface area contributed by atoms with Crippen molar-refractivity contribution in [3.8, 4) is 0 Å². The molecule has 0 bridgehead atoms. The first-order chi connectivity index (χ1) is 3.39. The number of carbonyl (C=O) groups is 1. The van der Waals surface area contributed by atoms with E-state index in [1.807, 2.05) is 0 Å². The number of hydrogen-bond donors (Lipinski definition) is 1. The van der Waals surface area contributed by atoms with E-state index in [-0.39, 0.29) is 5.78 Å². The molecular formula is C4H7NO2. The SMILES string of the molecule is O=C1CCONC1. The van der Waals surface area contributed by atoms with Crippen LogP contribution in [0.15, 0.2) is 0 Å². The topological polar surface area (TPSA) is 38.3 Å². The zero-order valence-corrected chi connectivity index (χ0v) is 3.94. The molecule has 0 aromatic heterocycles. The van der Waals surface area contributed by atoms with E-state index in [9.17, 15) is 4.79 Å². The summed E-state index contributed by atoms with van der Waals surface area (Å²) in [6.07, 6.45) is 0.562. The maximum Gasteiger partial charge on any atom is 0.151 e. The van der Waals surface area contributed by atoms with Crippen LogP contribution in [0.1, 0.15) is 6.42 Å². The van der Waals surface area contributed by atoms with Crippen LogP contribution in [0.2, 0.25) is 0 Å². The van der Waals surface area contributed by atoms with Crippen molar-refractivity contribution in [2.45, 2.75) is 6.42 Å². The van der Waals surface area contributed by atoms with Gasteiger partial charge in [0.2, 0.25) is 0 Å². The van der Waals surface area contributed by atoms with E-state index in [0.29, 0.717) is 19.6 Å². The minimum Gasteiger partial charge on any atom is -0.301 e. The monoisotopic (exact) mass is 101 g/mol. The largest absolute Gasteiger partial charge is 0.301 e. The van der Waals surface area contributed by atoms with Gasteiger partial charge >= 0.3 is 0 Å². The highest BCUT2D eigenvalue weighted by molar-refractivity contribution is 5.80. The highest BCUT2D eigenvalue weighted by atomic mass is 16.6. The molecule has 1 fully saturated rings. The van der Waals surface area contributed by atoms with Gasteiger partial charge in [-0.25, -0.2) is 0 Å². The average Bonchev–Trinajstić information content (AvgIpc) is 1.69. The van der Waals surface area contributed by atoms with Crippen LogP contribution in [0.5, 0.6) is 0 Å². The van der Waals surface area contributed by atoms with Crippen molar-refractivity contribution in [1.82, 2.24) is 5.48 Å². The second kappa shape index (κ2) is 2.04. The third-order valence-corrected chi connectivity index (χ3v) is 0.854. The fourth-order valence-corrected chi connectivity index (χ4v) is 0.457. The molecule has 1 aliphatic rings. The molecule has 7 heavy (non-hydrogen) atoms. The lowest BCUT2D eigenvalue weighted by Gasteiger charge is -2.08. The van der Waals surface area contributed by atoms with Crippen molar-refractivity contribution < 1.29 is 9.63 Å². The van der Waals surface area contributed by atoms with Crippen molar-refractivity contribution >= 4 is 5.78 Å². The molecule has 40 valence electrons. The second-order valence-corrected chi connectivity index (χ2v) is 1.46. The summed E-state index contributed by atoms with van der Waals surface area (Å²) in [7, 11) is 0. The molecule has 0 unspecified atom stereocenters. The molecule has 0 aromatic rings. The van der Waals surface area contributed by atoms with Gasteiger partial charge in [0.25, 0.3) is 0 Å². The molecule has 0 radical (unpaired) electrons. The highest BCUT2D eigenvalue weighted by Gasteiger charge is 2.05. The Morgan fingerprint density at radius 2 is 2.57 bits per heavy atom. The maximum atomic E-state index is 10.3. The third kappa shape index (κ3) is 1.25. The van der Waals surface area contributed by atoms with Gasteiger partial charge in [0, 0.05) is 6.42 Å². The van der Waals surface area contributed by atoms with Gasteiger partial charge in [-0.05, 0) is 0 Å². The number of ketones is 1. The van der Waals surface area contributed by atoms with Gasteiger partial charge in [0.15, 0.2) is 5.78 Å². The van der Waals surface area contributed by atoms with E-state index >= 15 is 0 Å². The molecule has 3 heteroatoms. The van der Waals surface area contributed by atoms with Gasteiger partial charge in [-0.3, -0.25) is 4.79 Å². The van der Waals surface area contributed by atoms with Crippen LogP contribution in [0.4, 0.5) is 0 Å². The van der Waals surface area contributed by atoms with E-state index in [2.05, 4.69) is 10.3 Å². The summed E-state index contributed by atoms with van der Waals surface area (Å²) < 4.78 is 0. The zero-order valence-electron chi connectivity index (χ0n) is 3.94. The molecule has 1 rings (SSSR count). The number of Topliss-reactive ketones (excluding diaryl/α,β-unsaturated/α-hetero) is 1. The van der Waals surface area contributed by atoms with Crippen LogP contribution in [0, 0.1) is 0 Å². The van der Waals surface area contributed by atoms with Gasteiger partial charge in [-0.15, -0.1) is 0 Å². The van der Waals surface area contributed by atoms with Crippen molar-refractivity contribution in [1.29, 1.82) is 0 Å². The standard InChI is InChI=1S/C4H7NO2/c6-4-1-2-7-5-3-4/h5H,1-3H2. The molecule has 1 saturated heterocycles. The maximum absolute atomic E-state index is 10.3. The Hall–Kier alpha value is -0.410. The van der Waals surface area contributed by atoms with Crippen LogP contribution in [0.3, 0.4) is 0 Å². The molecule has 0 aromatic carbocycles. The van der Waals surface area contributed by atoms with E-state index in [4.69, 9.17) is 0 Å². The molecule has 0 amide bonds. The lowest BCUT2D eigenvalue weighted by Crippen LogP contribution is -2.30. The third-order valence-electron chi connectivity index (χ3n) is 0.854. The lowest BCUT2D eigenvalue weighted by atomic mass is 10.3. The number of nitrogens with one attached hydrogen (secondary N) is 1. The summed E-state index contributed by atoms with van der Waals surface area (Å²) in [5.41, 5.74) is 2.48. The van der Waals surface area contributed by atoms with Crippen LogP contribution < -0.4 is 5.48 Å². The molecular weight excluding hydrogens is 94.0 g/mol. The fourth-order valence-electron chi connectivity index (χ4n) is 0.457. The fraction of sp³-hybridized carbons (Fsp3) is 0.750. The molecule has 1 aliphatic heterocycles. The van der Waals surface area contributed by atoms with Gasteiger partial charge < -0.3 is 4.84 Å². The Morgan fingerprint density at radius 1 is 1.71 bits per heavy atom. The quantitative estimate of drug-likeness (QED) is 0.446. The Bertz CT molecular complexity index is 73.8. The first-order valence-corrected chi connectivity index (χ1v) is 2.26. The Morgan fingerprint density at radius 3 is 2.86 bits per heavy atom. The molecule has 0 saturated carbocycles. The first kappa shape index (κ1) is 4.74. The summed E-state index contributed by atoms with van der Waals surface area (Å²) in [5.74, 6) is 0.228. The van der Waals surface area contributed by atoms with Crippen molar-refractivity contribution in [3.63, 3.8) is 0 Å². The van der Waals surface area contributed by atoms with Gasteiger partial charge in [0.05, 0.1) is 13.2 Å².